The lowest BCUT2D eigenvalue weighted by Crippen LogP contribution is -1.83. The fraction of sp³-hybridized carbons (Fsp3) is 0.143. The molecule has 2 rings (SSSR count). The van der Waals surface area contributed by atoms with Crippen LogP contribution in [0, 0.1) is 0 Å². The van der Waals surface area contributed by atoms with Crippen LogP contribution in [-0.2, 0) is 0 Å². The van der Waals surface area contributed by atoms with Gasteiger partial charge in [-0.2, -0.15) is 0 Å². The molecule has 88 valence electrons. The molecule has 0 aliphatic carbocycles. The molecule has 0 aromatic heterocycles. The molecule has 0 radical (unpaired) electrons. The Hall–Kier alpha value is -1.06. The summed E-state index contributed by atoms with van der Waals surface area (Å²) < 4.78 is 5.72. The summed E-state index contributed by atoms with van der Waals surface area (Å²) in [4.78, 5) is 2.21. The van der Waals surface area contributed by atoms with Crippen LogP contribution in [0.1, 0.15) is 6.92 Å². The maximum absolute atomic E-state index is 5.72. The van der Waals surface area contributed by atoms with Crippen molar-refractivity contribution >= 4 is 24.4 Å². The first-order valence-electron chi connectivity index (χ1n) is 5.47. The molecule has 0 saturated heterocycles. The van der Waals surface area contributed by atoms with Gasteiger partial charge in [-0.05, 0) is 54.3 Å². The molecule has 0 unspecified atom stereocenters. The third kappa shape index (κ3) is 3.72. The van der Waals surface area contributed by atoms with Crippen molar-refractivity contribution in [3.63, 3.8) is 0 Å². The summed E-state index contributed by atoms with van der Waals surface area (Å²) in [5.74, 6) is 2.78. The lowest BCUT2D eigenvalue weighted by Gasteiger charge is -2.06. The zero-order chi connectivity index (χ0) is 12.1. The van der Waals surface area contributed by atoms with Crippen LogP contribution in [0.2, 0.25) is 0 Å². The molecule has 0 saturated carbocycles. The van der Waals surface area contributed by atoms with Crippen LogP contribution in [0.3, 0.4) is 0 Å². The molecule has 0 N–H and O–H groups in total. The third-order valence-electron chi connectivity index (χ3n) is 2.21. The molecule has 3 heteroatoms. The van der Waals surface area contributed by atoms with E-state index in [1.807, 2.05) is 48.2 Å². The molecule has 17 heavy (non-hydrogen) atoms. The molecule has 0 fully saturated rings. The third-order valence-corrected chi connectivity index (χ3v) is 3.40. The minimum Gasteiger partial charge on any atom is -0.457 e. The van der Waals surface area contributed by atoms with E-state index in [1.54, 1.807) is 0 Å². The summed E-state index contributed by atoms with van der Waals surface area (Å²) >= 11 is 6.06. The summed E-state index contributed by atoms with van der Waals surface area (Å²) in [6.07, 6.45) is 0. The monoisotopic (exact) mass is 262 g/mol. The molecular formula is C14H14OS2. The smallest absolute Gasteiger partial charge is 0.127 e. The minimum atomic E-state index is 0.832. The van der Waals surface area contributed by atoms with E-state index in [0.717, 1.165) is 22.1 Å². The highest BCUT2D eigenvalue weighted by atomic mass is 32.2. The molecule has 0 heterocycles. The highest BCUT2D eigenvalue weighted by molar-refractivity contribution is 7.99. The second kappa shape index (κ2) is 6.03. The van der Waals surface area contributed by atoms with E-state index in [4.69, 9.17) is 4.74 Å². The van der Waals surface area contributed by atoms with Crippen LogP contribution in [0.4, 0.5) is 0 Å². The van der Waals surface area contributed by atoms with Crippen LogP contribution in [-0.4, -0.2) is 5.75 Å². The Morgan fingerprint density at radius 1 is 0.941 bits per heavy atom. The van der Waals surface area contributed by atoms with Crippen LogP contribution in [0.5, 0.6) is 11.5 Å². The van der Waals surface area contributed by atoms with Gasteiger partial charge in [-0.25, -0.2) is 0 Å². The fourth-order valence-corrected chi connectivity index (χ4v) is 2.23. The van der Waals surface area contributed by atoms with Crippen molar-refractivity contribution in [2.24, 2.45) is 0 Å². The maximum Gasteiger partial charge on any atom is 0.127 e. The summed E-state index contributed by atoms with van der Waals surface area (Å²) in [6, 6.07) is 15.8. The SMILES string of the molecule is CCSc1ccc(Oc2ccc(S)cc2)cc1. The average molecular weight is 262 g/mol. The zero-order valence-electron chi connectivity index (χ0n) is 9.59. The fourth-order valence-electron chi connectivity index (χ4n) is 1.42. The van der Waals surface area contributed by atoms with E-state index < -0.39 is 0 Å². The Bertz CT molecular complexity index is 463. The number of rotatable bonds is 4. The normalized spacial score (nSPS) is 10.2. The first-order chi connectivity index (χ1) is 8.28. The van der Waals surface area contributed by atoms with E-state index in [1.165, 1.54) is 4.90 Å². The predicted octanol–water partition coefficient (Wildman–Crippen LogP) is 4.88. The molecule has 1 nitrogen and oxygen atoms in total. The van der Waals surface area contributed by atoms with E-state index in [2.05, 4.69) is 31.7 Å². The summed E-state index contributed by atoms with van der Waals surface area (Å²) in [7, 11) is 0. The number of hydrogen-bond donors (Lipinski definition) is 1. The van der Waals surface area contributed by atoms with Crippen molar-refractivity contribution in [1.29, 1.82) is 0 Å². The van der Waals surface area contributed by atoms with Gasteiger partial charge in [-0.3, -0.25) is 0 Å². The van der Waals surface area contributed by atoms with Crippen molar-refractivity contribution in [1.82, 2.24) is 0 Å². The van der Waals surface area contributed by atoms with Gasteiger partial charge in [0.25, 0.3) is 0 Å². The van der Waals surface area contributed by atoms with Gasteiger partial charge < -0.3 is 4.74 Å². The van der Waals surface area contributed by atoms with Gasteiger partial charge in [-0.1, -0.05) is 6.92 Å². The number of hydrogen-bond acceptors (Lipinski definition) is 3. The van der Waals surface area contributed by atoms with Crippen molar-refractivity contribution in [2.75, 3.05) is 5.75 Å². The standard InChI is InChI=1S/C14H14OS2/c1-2-17-14-9-5-12(6-10-14)15-11-3-7-13(16)8-4-11/h3-10,16H,2H2,1H3. The number of benzene rings is 2. The van der Waals surface area contributed by atoms with Crippen LogP contribution < -0.4 is 4.74 Å². The molecule has 0 aliphatic rings. The Kier molecular flexibility index (Phi) is 4.40. The quantitative estimate of drug-likeness (QED) is 0.621. The van der Waals surface area contributed by atoms with Gasteiger partial charge in [0.2, 0.25) is 0 Å². The molecule has 0 atom stereocenters. The van der Waals surface area contributed by atoms with Crippen molar-refractivity contribution in [2.45, 2.75) is 16.7 Å². The molecule has 0 aliphatic heterocycles. The van der Waals surface area contributed by atoms with Crippen molar-refractivity contribution < 1.29 is 4.74 Å². The van der Waals surface area contributed by atoms with E-state index in [9.17, 15) is 0 Å². The van der Waals surface area contributed by atoms with Gasteiger partial charge in [0.1, 0.15) is 11.5 Å². The minimum absolute atomic E-state index is 0.832. The Balaban J connectivity index is 2.05. The van der Waals surface area contributed by atoms with Gasteiger partial charge in [-0.15, -0.1) is 24.4 Å². The first kappa shape index (κ1) is 12.4. The van der Waals surface area contributed by atoms with Crippen molar-refractivity contribution in [3.05, 3.63) is 48.5 Å². The van der Waals surface area contributed by atoms with E-state index in [-0.39, 0.29) is 0 Å². The van der Waals surface area contributed by atoms with Crippen LogP contribution in [0.25, 0.3) is 0 Å². The second-order valence-corrected chi connectivity index (χ2v) is 5.35. The predicted molar refractivity (Wildman–Crippen MR) is 76.6 cm³/mol. The van der Waals surface area contributed by atoms with Crippen LogP contribution >= 0.6 is 24.4 Å². The highest BCUT2D eigenvalue weighted by Gasteiger charge is 1.97. The summed E-state index contributed by atoms with van der Waals surface area (Å²) in [5.41, 5.74) is 0. The topological polar surface area (TPSA) is 9.23 Å². The molecule has 2 aromatic rings. The largest absolute Gasteiger partial charge is 0.457 e. The zero-order valence-corrected chi connectivity index (χ0v) is 11.3. The van der Waals surface area contributed by atoms with Gasteiger partial charge in [0.05, 0.1) is 0 Å². The lowest BCUT2D eigenvalue weighted by atomic mass is 10.3. The highest BCUT2D eigenvalue weighted by Crippen LogP contribution is 2.25. The average Bonchev–Trinajstić information content (AvgIpc) is 2.35. The van der Waals surface area contributed by atoms with E-state index >= 15 is 0 Å². The Morgan fingerprint density at radius 3 is 2.00 bits per heavy atom. The van der Waals surface area contributed by atoms with Gasteiger partial charge in [0, 0.05) is 9.79 Å². The summed E-state index contributed by atoms with van der Waals surface area (Å²) in [6.45, 7) is 2.15. The molecule has 0 bridgehead atoms. The Labute approximate surface area is 112 Å². The first-order valence-corrected chi connectivity index (χ1v) is 6.91. The Morgan fingerprint density at radius 2 is 1.47 bits per heavy atom. The van der Waals surface area contributed by atoms with Gasteiger partial charge >= 0.3 is 0 Å². The number of thiol groups is 1. The molecule has 2 aromatic carbocycles. The molecule has 0 amide bonds. The van der Waals surface area contributed by atoms with E-state index in [0.29, 0.717) is 0 Å². The van der Waals surface area contributed by atoms with Crippen LogP contribution in [0.15, 0.2) is 58.3 Å². The summed E-state index contributed by atoms with van der Waals surface area (Å²) in [5, 5.41) is 0. The number of thioether (sulfide) groups is 1. The van der Waals surface area contributed by atoms with Gasteiger partial charge in [0.15, 0.2) is 0 Å². The van der Waals surface area contributed by atoms with Crippen molar-refractivity contribution in [3.8, 4) is 11.5 Å². The number of ether oxygens (including phenoxy) is 1. The molecule has 0 spiro atoms. The molecular weight excluding hydrogens is 248 g/mol. The maximum atomic E-state index is 5.72. The lowest BCUT2D eigenvalue weighted by molar-refractivity contribution is 0.482. The second-order valence-electron chi connectivity index (χ2n) is 3.50.